The maximum Gasteiger partial charge on any atom is 0.242 e. The summed E-state index contributed by atoms with van der Waals surface area (Å²) in [6.07, 6.45) is 0. The minimum absolute atomic E-state index is 0.255. The Balaban J connectivity index is 2.15. The van der Waals surface area contributed by atoms with Crippen LogP contribution in [0.1, 0.15) is 0 Å². The second kappa shape index (κ2) is 3.06. The molecule has 0 aliphatic carbocycles. The summed E-state index contributed by atoms with van der Waals surface area (Å²) < 4.78 is 12.4. The zero-order valence-corrected chi connectivity index (χ0v) is 8.32. The number of hydrogen-bond acceptors (Lipinski definition) is 5. The molecule has 3 rings (SSSR count). The summed E-state index contributed by atoms with van der Waals surface area (Å²) in [6, 6.07) is 5.49. The first-order valence-electron chi connectivity index (χ1n) is 4.25. The number of aromatic amines is 1. The number of H-pyrrole nitrogens is 1. The van der Waals surface area contributed by atoms with E-state index < -0.39 is 0 Å². The van der Waals surface area contributed by atoms with E-state index in [1.165, 1.54) is 0 Å². The molecule has 2 heterocycles. The number of benzene rings is 1. The van der Waals surface area contributed by atoms with Crippen LogP contribution in [-0.4, -0.2) is 27.0 Å². The van der Waals surface area contributed by atoms with Crippen molar-refractivity contribution in [2.75, 3.05) is 6.79 Å². The molecule has 0 spiro atoms. The first-order valence-corrected chi connectivity index (χ1v) is 4.65. The Hall–Kier alpha value is -1.89. The predicted octanol–water partition coefficient (Wildman–Crippen LogP) is 1.05. The van der Waals surface area contributed by atoms with Crippen LogP contribution >= 0.6 is 12.2 Å². The van der Waals surface area contributed by atoms with Gasteiger partial charge in [-0.2, -0.15) is 5.21 Å². The van der Waals surface area contributed by atoms with Gasteiger partial charge in [-0.25, -0.2) is 4.68 Å². The normalized spacial score (nSPS) is 13.1. The third-order valence-corrected chi connectivity index (χ3v) is 2.35. The van der Waals surface area contributed by atoms with Crippen molar-refractivity contribution in [1.29, 1.82) is 0 Å². The number of nitrogens with one attached hydrogen (secondary N) is 1. The summed E-state index contributed by atoms with van der Waals surface area (Å²) in [6.45, 7) is 0.255. The predicted molar refractivity (Wildman–Crippen MR) is 52.7 cm³/mol. The molecular weight excluding hydrogens is 216 g/mol. The Morgan fingerprint density at radius 3 is 3.00 bits per heavy atom. The Kier molecular flexibility index (Phi) is 1.72. The molecule has 1 N–H and O–H groups in total. The minimum Gasteiger partial charge on any atom is -0.454 e. The minimum atomic E-state index is 0.255. The standard InChI is InChI=1S/C8H6N4O2S/c15-8-9-10-11-12(8)5-1-2-6-7(3-5)14-4-13-6/h1-3H,4H2,(H,9,11,15). The van der Waals surface area contributed by atoms with Gasteiger partial charge in [0.15, 0.2) is 11.5 Å². The van der Waals surface area contributed by atoms with Gasteiger partial charge in [-0.05, 0) is 24.4 Å². The summed E-state index contributed by atoms with van der Waals surface area (Å²) in [7, 11) is 0. The van der Waals surface area contributed by atoms with Gasteiger partial charge in [-0.15, -0.1) is 0 Å². The lowest BCUT2D eigenvalue weighted by Crippen LogP contribution is -1.96. The first kappa shape index (κ1) is 8.42. The molecule has 0 atom stereocenters. The smallest absolute Gasteiger partial charge is 0.242 e. The number of fused-ring (bicyclic) bond motifs is 1. The Morgan fingerprint density at radius 1 is 1.33 bits per heavy atom. The number of tetrazole rings is 1. The van der Waals surface area contributed by atoms with Gasteiger partial charge in [0.2, 0.25) is 11.6 Å². The van der Waals surface area contributed by atoms with Crippen molar-refractivity contribution < 1.29 is 9.47 Å². The van der Waals surface area contributed by atoms with Crippen LogP contribution in [0.15, 0.2) is 18.2 Å². The number of rotatable bonds is 1. The maximum absolute atomic E-state index is 5.25. The van der Waals surface area contributed by atoms with Crippen LogP contribution in [0.3, 0.4) is 0 Å². The number of nitrogens with zero attached hydrogens (tertiary/aromatic N) is 3. The summed E-state index contributed by atoms with van der Waals surface area (Å²) >= 11 is 4.98. The van der Waals surface area contributed by atoms with Crippen LogP contribution in [0.4, 0.5) is 0 Å². The number of ether oxygens (including phenoxy) is 2. The molecule has 0 bridgehead atoms. The van der Waals surface area contributed by atoms with Gasteiger partial charge in [0.25, 0.3) is 0 Å². The zero-order chi connectivity index (χ0) is 10.3. The van der Waals surface area contributed by atoms with Crippen molar-refractivity contribution >= 4 is 12.2 Å². The summed E-state index contributed by atoms with van der Waals surface area (Å²) in [5.41, 5.74) is 0.814. The topological polar surface area (TPSA) is 65.0 Å². The lowest BCUT2D eigenvalue weighted by Gasteiger charge is -2.01. The van der Waals surface area contributed by atoms with Gasteiger partial charge >= 0.3 is 0 Å². The van der Waals surface area contributed by atoms with E-state index in [9.17, 15) is 0 Å². The van der Waals surface area contributed by atoms with E-state index in [0.29, 0.717) is 10.5 Å². The highest BCUT2D eigenvalue weighted by Gasteiger charge is 2.14. The molecule has 0 saturated heterocycles. The van der Waals surface area contributed by atoms with Crippen molar-refractivity contribution in [2.24, 2.45) is 0 Å². The van der Waals surface area contributed by atoms with Crippen molar-refractivity contribution in [3.8, 4) is 17.2 Å². The van der Waals surface area contributed by atoms with Crippen LogP contribution in [0.2, 0.25) is 0 Å². The molecule has 76 valence electrons. The van der Waals surface area contributed by atoms with Gasteiger partial charge in [-0.1, -0.05) is 10.3 Å². The van der Waals surface area contributed by atoms with Gasteiger partial charge in [-0.3, -0.25) is 0 Å². The molecule has 2 aromatic rings. The van der Waals surface area contributed by atoms with E-state index in [2.05, 4.69) is 15.5 Å². The van der Waals surface area contributed by atoms with Crippen LogP contribution in [-0.2, 0) is 0 Å². The SMILES string of the molecule is S=c1nn[nH]n1-c1ccc2c(c1)OCO2. The van der Waals surface area contributed by atoms with E-state index >= 15 is 0 Å². The van der Waals surface area contributed by atoms with Gasteiger partial charge in [0.1, 0.15) is 0 Å². The Labute approximate surface area is 89.4 Å². The van der Waals surface area contributed by atoms with Crippen LogP contribution in [0, 0.1) is 4.77 Å². The molecular formula is C8H6N4O2S. The Morgan fingerprint density at radius 2 is 2.20 bits per heavy atom. The van der Waals surface area contributed by atoms with Crippen molar-refractivity contribution in [3.63, 3.8) is 0 Å². The molecule has 1 aliphatic rings. The highest BCUT2D eigenvalue weighted by atomic mass is 32.1. The molecule has 0 saturated carbocycles. The monoisotopic (exact) mass is 222 g/mol. The zero-order valence-electron chi connectivity index (χ0n) is 7.51. The fourth-order valence-electron chi connectivity index (χ4n) is 1.39. The molecule has 0 unspecified atom stereocenters. The molecule has 1 aliphatic heterocycles. The number of hydrogen-bond donors (Lipinski definition) is 1. The fourth-order valence-corrected chi connectivity index (χ4v) is 1.58. The van der Waals surface area contributed by atoms with Gasteiger partial charge in [0.05, 0.1) is 5.69 Å². The molecule has 0 amide bonds. The highest BCUT2D eigenvalue weighted by molar-refractivity contribution is 7.71. The van der Waals surface area contributed by atoms with Crippen molar-refractivity contribution in [1.82, 2.24) is 20.2 Å². The van der Waals surface area contributed by atoms with Crippen LogP contribution in [0.25, 0.3) is 5.69 Å². The Bertz CT molecular complexity index is 562. The molecule has 0 radical (unpaired) electrons. The molecule has 0 fully saturated rings. The fraction of sp³-hybridized carbons (Fsp3) is 0.125. The van der Waals surface area contributed by atoms with E-state index in [0.717, 1.165) is 11.4 Å². The van der Waals surface area contributed by atoms with E-state index in [1.807, 2.05) is 18.2 Å². The lowest BCUT2D eigenvalue weighted by atomic mass is 10.3. The average Bonchev–Trinajstić information content (AvgIpc) is 2.84. The van der Waals surface area contributed by atoms with E-state index in [1.54, 1.807) is 4.68 Å². The lowest BCUT2D eigenvalue weighted by molar-refractivity contribution is 0.174. The third-order valence-electron chi connectivity index (χ3n) is 2.09. The van der Waals surface area contributed by atoms with Gasteiger partial charge in [0, 0.05) is 6.07 Å². The van der Waals surface area contributed by atoms with Crippen molar-refractivity contribution in [3.05, 3.63) is 23.0 Å². The molecule has 15 heavy (non-hydrogen) atoms. The third kappa shape index (κ3) is 1.28. The van der Waals surface area contributed by atoms with Gasteiger partial charge < -0.3 is 9.47 Å². The highest BCUT2D eigenvalue weighted by Crippen LogP contribution is 2.33. The summed E-state index contributed by atoms with van der Waals surface area (Å²) in [5.74, 6) is 1.43. The second-order valence-electron chi connectivity index (χ2n) is 2.96. The molecule has 1 aromatic heterocycles. The summed E-state index contributed by atoms with van der Waals surface area (Å²) in [4.78, 5) is 0. The average molecular weight is 222 g/mol. The van der Waals surface area contributed by atoms with Crippen LogP contribution < -0.4 is 9.47 Å². The molecule has 7 heteroatoms. The van der Waals surface area contributed by atoms with E-state index in [4.69, 9.17) is 21.7 Å². The molecule has 1 aromatic carbocycles. The van der Waals surface area contributed by atoms with Crippen LogP contribution in [0.5, 0.6) is 11.5 Å². The molecule has 6 nitrogen and oxygen atoms in total. The summed E-state index contributed by atoms with van der Waals surface area (Å²) in [5, 5.41) is 9.96. The van der Waals surface area contributed by atoms with Crippen molar-refractivity contribution in [2.45, 2.75) is 0 Å². The number of aromatic nitrogens is 4. The quantitative estimate of drug-likeness (QED) is 0.731. The second-order valence-corrected chi connectivity index (χ2v) is 3.32. The first-order chi connectivity index (χ1) is 7.34. The van der Waals surface area contributed by atoms with E-state index in [-0.39, 0.29) is 6.79 Å². The maximum atomic E-state index is 5.25. The largest absolute Gasteiger partial charge is 0.454 e.